The maximum atomic E-state index is 10.6. The third-order valence-corrected chi connectivity index (χ3v) is 3.83. The van der Waals surface area contributed by atoms with Crippen molar-refractivity contribution in [3.05, 3.63) is 39.9 Å². The van der Waals surface area contributed by atoms with Gasteiger partial charge in [-0.1, -0.05) is 12.1 Å². The van der Waals surface area contributed by atoms with Crippen molar-refractivity contribution in [1.29, 1.82) is 0 Å². The largest absolute Gasteiger partial charge is 0.311 e. The summed E-state index contributed by atoms with van der Waals surface area (Å²) in [6.07, 6.45) is 3.71. The predicted molar refractivity (Wildman–Crippen MR) is 60.4 cm³/mol. The summed E-state index contributed by atoms with van der Waals surface area (Å²) in [5, 5.41) is 14.1. The van der Waals surface area contributed by atoms with Crippen molar-refractivity contribution >= 4 is 5.69 Å². The predicted octanol–water partition coefficient (Wildman–Crippen LogP) is 2.20. The molecule has 0 aromatic heterocycles. The van der Waals surface area contributed by atoms with E-state index in [9.17, 15) is 10.1 Å². The van der Waals surface area contributed by atoms with E-state index in [-0.39, 0.29) is 10.6 Å². The van der Waals surface area contributed by atoms with Gasteiger partial charge in [0.15, 0.2) is 0 Å². The summed E-state index contributed by atoms with van der Waals surface area (Å²) in [7, 11) is 0. The molecule has 1 aromatic carbocycles. The molecule has 0 saturated carbocycles. The van der Waals surface area contributed by atoms with E-state index < -0.39 is 0 Å². The number of hydrogen-bond donors (Lipinski definition) is 1. The van der Waals surface area contributed by atoms with Crippen LogP contribution < -0.4 is 5.32 Å². The molecule has 3 atom stereocenters. The SMILES string of the molecule is O=[N+]([O-])c1ccc([C@H]2CC3CCC2N3)cc1. The van der Waals surface area contributed by atoms with Gasteiger partial charge in [0.25, 0.3) is 5.69 Å². The van der Waals surface area contributed by atoms with Gasteiger partial charge in [0.2, 0.25) is 0 Å². The molecule has 1 aromatic rings. The van der Waals surface area contributed by atoms with Crippen LogP contribution in [0.15, 0.2) is 24.3 Å². The van der Waals surface area contributed by atoms with Gasteiger partial charge in [-0.05, 0) is 24.8 Å². The molecule has 0 radical (unpaired) electrons. The lowest BCUT2D eigenvalue weighted by molar-refractivity contribution is -0.384. The maximum absolute atomic E-state index is 10.6. The molecule has 2 aliphatic rings. The first-order valence-corrected chi connectivity index (χ1v) is 5.74. The average molecular weight is 218 g/mol. The maximum Gasteiger partial charge on any atom is 0.269 e. The van der Waals surface area contributed by atoms with Crippen molar-refractivity contribution in [2.75, 3.05) is 0 Å². The van der Waals surface area contributed by atoms with E-state index in [1.807, 2.05) is 12.1 Å². The number of nitrogens with one attached hydrogen (secondary N) is 1. The third-order valence-electron chi connectivity index (χ3n) is 3.83. The highest BCUT2D eigenvalue weighted by atomic mass is 16.6. The molecule has 2 heterocycles. The van der Waals surface area contributed by atoms with Gasteiger partial charge < -0.3 is 5.32 Å². The van der Waals surface area contributed by atoms with E-state index in [1.165, 1.54) is 24.8 Å². The number of rotatable bonds is 2. The third kappa shape index (κ3) is 1.50. The van der Waals surface area contributed by atoms with Crippen LogP contribution in [0.2, 0.25) is 0 Å². The summed E-state index contributed by atoms with van der Waals surface area (Å²) in [6.45, 7) is 0. The van der Waals surface area contributed by atoms with E-state index in [4.69, 9.17) is 0 Å². The summed E-state index contributed by atoms with van der Waals surface area (Å²) in [5.41, 5.74) is 1.42. The van der Waals surface area contributed by atoms with Crippen molar-refractivity contribution in [3.8, 4) is 0 Å². The molecule has 84 valence electrons. The molecule has 2 aliphatic heterocycles. The van der Waals surface area contributed by atoms with Crippen molar-refractivity contribution in [2.24, 2.45) is 0 Å². The smallest absolute Gasteiger partial charge is 0.269 e. The molecule has 4 heteroatoms. The zero-order valence-corrected chi connectivity index (χ0v) is 8.93. The Balaban J connectivity index is 1.82. The molecule has 0 aliphatic carbocycles. The number of nitro groups is 1. The van der Waals surface area contributed by atoms with Gasteiger partial charge in [-0.2, -0.15) is 0 Å². The van der Waals surface area contributed by atoms with Gasteiger partial charge in [0, 0.05) is 30.1 Å². The minimum Gasteiger partial charge on any atom is -0.311 e. The summed E-state index contributed by atoms with van der Waals surface area (Å²) >= 11 is 0. The number of benzene rings is 1. The van der Waals surface area contributed by atoms with Crippen LogP contribution in [-0.4, -0.2) is 17.0 Å². The molecule has 0 amide bonds. The highest BCUT2D eigenvalue weighted by Crippen LogP contribution is 2.40. The first kappa shape index (κ1) is 9.78. The zero-order valence-electron chi connectivity index (χ0n) is 8.93. The molecule has 2 unspecified atom stereocenters. The van der Waals surface area contributed by atoms with Gasteiger partial charge in [-0.3, -0.25) is 10.1 Å². The topological polar surface area (TPSA) is 55.2 Å². The fourth-order valence-corrected chi connectivity index (χ4v) is 3.04. The minimum atomic E-state index is -0.344. The fourth-order valence-electron chi connectivity index (χ4n) is 3.04. The van der Waals surface area contributed by atoms with Crippen LogP contribution in [0.1, 0.15) is 30.7 Å². The van der Waals surface area contributed by atoms with Crippen molar-refractivity contribution < 1.29 is 4.92 Å². The second-order valence-corrected chi connectivity index (χ2v) is 4.74. The quantitative estimate of drug-likeness (QED) is 0.611. The molecule has 1 N–H and O–H groups in total. The molecule has 4 nitrogen and oxygen atoms in total. The summed E-state index contributed by atoms with van der Waals surface area (Å²) in [5.74, 6) is 0.555. The standard InChI is InChI=1S/C12H14N2O2/c15-14(16)10-4-1-8(2-5-10)11-7-9-3-6-12(11)13-9/h1-2,4-5,9,11-13H,3,6-7H2/t9?,11-,12?/m1/s1. The molecule has 2 bridgehead atoms. The van der Waals surface area contributed by atoms with Crippen LogP contribution in [0, 0.1) is 10.1 Å². The number of nitro benzene ring substituents is 1. The van der Waals surface area contributed by atoms with Gasteiger partial charge in [-0.15, -0.1) is 0 Å². The summed E-state index contributed by atoms with van der Waals surface area (Å²) in [6, 6.07) is 8.30. The summed E-state index contributed by atoms with van der Waals surface area (Å²) in [4.78, 5) is 10.2. The Labute approximate surface area is 93.8 Å². The molecule has 0 spiro atoms. The van der Waals surface area contributed by atoms with E-state index in [2.05, 4.69) is 5.32 Å². The second kappa shape index (κ2) is 3.56. The average Bonchev–Trinajstić information content (AvgIpc) is 2.91. The van der Waals surface area contributed by atoms with Crippen molar-refractivity contribution in [1.82, 2.24) is 5.32 Å². The Bertz CT molecular complexity index is 416. The Hall–Kier alpha value is -1.42. The first-order chi connectivity index (χ1) is 7.74. The van der Waals surface area contributed by atoms with E-state index >= 15 is 0 Å². The lowest BCUT2D eigenvalue weighted by atomic mass is 9.84. The zero-order chi connectivity index (χ0) is 11.1. The Morgan fingerprint density at radius 3 is 2.50 bits per heavy atom. The monoisotopic (exact) mass is 218 g/mol. The molecule has 16 heavy (non-hydrogen) atoms. The first-order valence-electron chi connectivity index (χ1n) is 5.74. The number of hydrogen-bond acceptors (Lipinski definition) is 3. The normalized spacial score (nSPS) is 31.9. The van der Waals surface area contributed by atoms with Crippen LogP contribution in [0.4, 0.5) is 5.69 Å². The summed E-state index contributed by atoms with van der Waals surface area (Å²) < 4.78 is 0. The van der Waals surface area contributed by atoms with Crippen LogP contribution in [0.3, 0.4) is 0 Å². The highest BCUT2D eigenvalue weighted by Gasteiger charge is 2.39. The fraction of sp³-hybridized carbons (Fsp3) is 0.500. The minimum absolute atomic E-state index is 0.180. The molecular formula is C12H14N2O2. The second-order valence-electron chi connectivity index (χ2n) is 4.74. The molecular weight excluding hydrogens is 204 g/mol. The van der Waals surface area contributed by atoms with E-state index in [0.717, 1.165) is 0 Å². The van der Waals surface area contributed by atoms with E-state index in [1.54, 1.807) is 12.1 Å². The van der Waals surface area contributed by atoms with Crippen molar-refractivity contribution in [3.63, 3.8) is 0 Å². The molecule has 2 fully saturated rings. The Kier molecular flexibility index (Phi) is 2.17. The van der Waals surface area contributed by atoms with Crippen LogP contribution >= 0.6 is 0 Å². The van der Waals surface area contributed by atoms with Crippen LogP contribution in [-0.2, 0) is 0 Å². The van der Waals surface area contributed by atoms with Gasteiger partial charge in [0.05, 0.1) is 4.92 Å². The van der Waals surface area contributed by atoms with Gasteiger partial charge in [0.1, 0.15) is 0 Å². The number of nitrogens with zero attached hydrogens (tertiary/aromatic N) is 1. The Morgan fingerprint density at radius 1 is 1.25 bits per heavy atom. The lowest BCUT2D eigenvalue weighted by Gasteiger charge is -2.20. The highest BCUT2D eigenvalue weighted by molar-refractivity contribution is 5.36. The van der Waals surface area contributed by atoms with Crippen LogP contribution in [0.25, 0.3) is 0 Å². The molecule has 3 rings (SSSR count). The lowest BCUT2D eigenvalue weighted by Crippen LogP contribution is -2.21. The van der Waals surface area contributed by atoms with Gasteiger partial charge in [-0.25, -0.2) is 0 Å². The van der Waals surface area contributed by atoms with Crippen LogP contribution in [0.5, 0.6) is 0 Å². The Morgan fingerprint density at radius 2 is 2.00 bits per heavy atom. The van der Waals surface area contributed by atoms with Gasteiger partial charge >= 0.3 is 0 Å². The number of fused-ring (bicyclic) bond motifs is 2. The number of non-ortho nitro benzene ring substituents is 1. The molecule has 2 saturated heterocycles. The van der Waals surface area contributed by atoms with Crippen molar-refractivity contribution in [2.45, 2.75) is 37.3 Å². The van der Waals surface area contributed by atoms with E-state index in [0.29, 0.717) is 18.0 Å².